The first-order valence-electron chi connectivity index (χ1n) is 5.80. The monoisotopic (exact) mass is 325 g/mol. The average Bonchev–Trinajstić information content (AvgIpc) is 2.37. The molecular formula is C13H13BrFN3O. The highest BCUT2D eigenvalue weighted by Crippen LogP contribution is 2.26. The van der Waals surface area contributed by atoms with Crippen LogP contribution in [0, 0.1) is 5.82 Å². The zero-order valence-electron chi connectivity index (χ0n) is 10.6. The van der Waals surface area contributed by atoms with Crippen LogP contribution in [0.25, 0.3) is 0 Å². The van der Waals surface area contributed by atoms with Gasteiger partial charge in [-0.15, -0.1) is 0 Å². The van der Waals surface area contributed by atoms with Crippen molar-refractivity contribution >= 4 is 21.7 Å². The molecule has 1 aromatic heterocycles. The molecule has 0 bridgehead atoms. The fourth-order valence-corrected chi connectivity index (χ4v) is 1.96. The van der Waals surface area contributed by atoms with Crippen LogP contribution in [0.15, 0.2) is 28.7 Å². The van der Waals surface area contributed by atoms with E-state index in [1.807, 2.05) is 6.92 Å². The zero-order chi connectivity index (χ0) is 13.8. The minimum Gasteiger partial charge on any atom is -0.439 e. The Labute approximate surface area is 119 Å². The molecular weight excluding hydrogens is 313 g/mol. The topological polar surface area (TPSA) is 47.0 Å². The number of hydrogen-bond acceptors (Lipinski definition) is 4. The molecule has 0 aliphatic rings. The van der Waals surface area contributed by atoms with Gasteiger partial charge >= 0.3 is 0 Å². The molecule has 0 amide bonds. The number of benzene rings is 1. The maximum atomic E-state index is 13.3. The summed E-state index contributed by atoms with van der Waals surface area (Å²) in [6, 6.07) is 6.01. The van der Waals surface area contributed by atoms with Gasteiger partial charge in [0.05, 0.1) is 0 Å². The van der Waals surface area contributed by atoms with Gasteiger partial charge in [-0.3, -0.25) is 0 Å². The van der Waals surface area contributed by atoms with Crippen LogP contribution in [-0.4, -0.2) is 17.0 Å². The fourth-order valence-electron chi connectivity index (χ4n) is 1.52. The summed E-state index contributed by atoms with van der Waals surface area (Å²) in [7, 11) is 1.77. The minimum absolute atomic E-state index is 0.372. The van der Waals surface area contributed by atoms with Crippen LogP contribution in [0.1, 0.15) is 12.7 Å². The molecule has 0 radical (unpaired) electrons. The molecule has 4 nitrogen and oxygen atoms in total. The van der Waals surface area contributed by atoms with Gasteiger partial charge in [0.25, 0.3) is 0 Å². The Kier molecular flexibility index (Phi) is 4.31. The smallest absolute Gasteiger partial charge is 0.224 e. The zero-order valence-corrected chi connectivity index (χ0v) is 12.2. The largest absolute Gasteiger partial charge is 0.439 e. The van der Waals surface area contributed by atoms with Crippen LogP contribution in [-0.2, 0) is 6.42 Å². The van der Waals surface area contributed by atoms with E-state index in [2.05, 4.69) is 31.2 Å². The standard InChI is InChI=1S/C13H13BrFN3O/c1-3-11-17-12(16-2)7-13(18-11)19-10-5-8(14)4-9(15)6-10/h4-7H,3H2,1-2H3,(H,16,17,18). The normalized spacial score (nSPS) is 10.3. The summed E-state index contributed by atoms with van der Waals surface area (Å²) in [6.45, 7) is 1.96. The lowest BCUT2D eigenvalue weighted by atomic mass is 10.3. The summed E-state index contributed by atoms with van der Waals surface area (Å²) >= 11 is 3.22. The molecule has 0 atom stereocenters. The number of aryl methyl sites for hydroxylation is 1. The van der Waals surface area contributed by atoms with Crippen molar-refractivity contribution in [2.24, 2.45) is 0 Å². The first kappa shape index (κ1) is 13.7. The number of nitrogens with one attached hydrogen (secondary N) is 1. The molecule has 0 saturated heterocycles. The Morgan fingerprint density at radius 2 is 2.05 bits per heavy atom. The molecule has 1 aromatic carbocycles. The number of halogens is 2. The van der Waals surface area contributed by atoms with E-state index in [0.29, 0.717) is 34.2 Å². The van der Waals surface area contributed by atoms with Crippen molar-refractivity contribution in [3.63, 3.8) is 0 Å². The van der Waals surface area contributed by atoms with Gasteiger partial charge in [0.1, 0.15) is 23.2 Å². The van der Waals surface area contributed by atoms with E-state index in [4.69, 9.17) is 4.74 Å². The second kappa shape index (κ2) is 5.97. The molecule has 2 rings (SSSR count). The van der Waals surface area contributed by atoms with Crippen molar-refractivity contribution in [1.29, 1.82) is 0 Å². The van der Waals surface area contributed by atoms with Crippen molar-refractivity contribution in [2.45, 2.75) is 13.3 Å². The molecule has 100 valence electrons. The van der Waals surface area contributed by atoms with Gasteiger partial charge in [-0.25, -0.2) is 9.37 Å². The Balaban J connectivity index is 2.31. The Morgan fingerprint density at radius 1 is 1.26 bits per heavy atom. The molecule has 0 spiro atoms. The van der Waals surface area contributed by atoms with Crippen LogP contribution < -0.4 is 10.1 Å². The van der Waals surface area contributed by atoms with E-state index in [9.17, 15) is 4.39 Å². The molecule has 0 aliphatic heterocycles. The highest BCUT2D eigenvalue weighted by atomic mass is 79.9. The number of rotatable bonds is 4. The van der Waals surface area contributed by atoms with Gasteiger partial charge in [0, 0.05) is 30.1 Å². The highest BCUT2D eigenvalue weighted by molar-refractivity contribution is 9.10. The number of ether oxygens (including phenoxy) is 1. The molecule has 1 heterocycles. The lowest BCUT2D eigenvalue weighted by Gasteiger charge is -2.08. The SMILES string of the molecule is CCc1nc(NC)cc(Oc2cc(F)cc(Br)c2)n1. The Bertz CT molecular complexity index is 550. The van der Waals surface area contributed by atoms with Crippen molar-refractivity contribution in [3.8, 4) is 11.6 Å². The van der Waals surface area contributed by atoms with Gasteiger partial charge in [-0.2, -0.15) is 4.98 Å². The van der Waals surface area contributed by atoms with Gasteiger partial charge in [0.2, 0.25) is 5.88 Å². The molecule has 1 N–H and O–H groups in total. The van der Waals surface area contributed by atoms with Crippen LogP contribution in [0.2, 0.25) is 0 Å². The summed E-state index contributed by atoms with van der Waals surface area (Å²) in [6.07, 6.45) is 0.693. The van der Waals surface area contributed by atoms with Gasteiger partial charge < -0.3 is 10.1 Å². The molecule has 0 saturated carbocycles. The predicted octanol–water partition coefficient (Wildman–Crippen LogP) is 3.77. The number of hydrogen-bond donors (Lipinski definition) is 1. The van der Waals surface area contributed by atoms with Gasteiger partial charge in [-0.05, 0) is 12.1 Å². The van der Waals surface area contributed by atoms with Crippen molar-refractivity contribution in [3.05, 3.63) is 40.4 Å². The summed E-state index contributed by atoms with van der Waals surface area (Å²) < 4.78 is 19.4. The Hall–Kier alpha value is -1.69. The van der Waals surface area contributed by atoms with Crippen LogP contribution >= 0.6 is 15.9 Å². The second-order valence-electron chi connectivity index (χ2n) is 3.82. The third-order valence-electron chi connectivity index (χ3n) is 2.38. The van der Waals surface area contributed by atoms with Crippen molar-refractivity contribution < 1.29 is 9.13 Å². The van der Waals surface area contributed by atoms with Crippen LogP contribution in [0.5, 0.6) is 11.6 Å². The average molecular weight is 326 g/mol. The first-order chi connectivity index (χ1) is 9.10. The van der Waals surface area contributed by atoms with E-state index >= 15 is 0 Å². The van der Waals surface area contributed by atoms with E-state index in [1.54, 1.807) is 19.2 Å². The molecule has 6 heteroatoms. The molecule has 0 unspecified atom stereocenters. The summed E-state index contributed by atoms with van der Waals surface area (Å²) in [4.78, 5) is 8.50. The quantitative estimate of drug-likeness (QED) is 0.929. The van der Waals surface area contributed by atoms with Gasteiger partial charge in [-0.1, -0.05) is 22.9 Å². The molecule has 0 aliphatic carbocycles. The third-order valence-corrected chi connectivity index (χ3v) is 2.84. The maximum absolute atomic E-state index is 13.3. The number of nitrogens with zero attached hydrogens (tertiary/aromatic N) is 2. The summed E-state index contributed by atoms with van der Waals surface area (Å²) in [5.74, 6) is 1.72. The number of anilines is 1. The lowest BCUT2D eigenvalue weighted by Crippen LogP contribution is -2.01. The van der Waals surface area contributed by atoms with Crippen molar-refractivity contribution in [1.82, 2.24) is 9.97 Å². The van der Waals surface area contributed by atoms with Gasteiger partial charge in [0.15, 0.2) is 0 Å². The van der Waals surface area contributed by atoms with E-state index in [1.165, 1.54) is 12.1 Å². The molecule has 0 fully saturated rings. The number of aromatic nitrogens is 2. The van der Waals surface area contributed by atoms with Crippen LogP contribution in [0.4, 0.5) is 10.2 Å². The predicted molar refractivity (Wildman–Crippen MR) is 75.1 cm³/mol. The minimum atomic E-state index is -0.372. The van der Waals surface area contributed by atoms with E-state index in [-0.39, 0.29) is 5.82 Å². The summed E-state index contributed by atoms with van der Waals surface area (Å²) in [5.41, 5.74) is 0. The third kappa shape index (κ3) is 3.64. The first-order valence-corrected chi connectivity index (χ1v) is 6.59. The molecule has 19 heavy (non-hydrogen) atoms. The highest BCUT2D eigenvalue weighted by Gasteiger charge is 2.06. The molecule has 2 aromatic rings. The maximum Gasteiger partial charge on any atom is 0.224 e. The Morgan fingerprint density at radius 3 is 2.68 bits per heavy atom. The van der Waals surface area contributed by atoms with E-state index in [0.717, 1.165) is 0 Å². The fraction of sp³-hybridized carbons (Fsp3) is 0.231. The summed E-state index contributed by atoms with van der Waals surface area (Å²) in [5, 5.41) is 2.94. The van der Waals surface area contributed by atoms with Crippen molar-refractivity contribution in [2.75, 3.05) is 12.4 Å². The lowest BCUT2D eigenvalue weighted by molar-refractivity contribution is 0.454. The van der Waals surface area contributed by atoms with Crippen LogP contribution in [0.3, 0.4) is 0 Å². The second-order valence-corrected chi connectivity index (χ2v) is 4.73. The van der Waals surface area contributed by atoms with E-state index < -0.39 is 0 Å².